The molecule has 1 aliphatic rings. The minimum atomic E-state index is -4.94. The average Bonchev–Trinajstić information content (AvgIpc) is 3.15. The van der Waals surface area contributed by atoms with E-state index < -0.39 is 10.2 Å². The van der Waals surface area contributed by atoms with Crippen molar-refractivity contribution in [3.05, 3.63) is 81.0 Å². The highest BCUT2D eigenvalue weighted by molar-refractivity contribution is 7.15. The van der Waals surface area contributed by atoms with Gasteiger partial charge in [0.15, 0.2) is 0 Å². The number of hydrogen-bond donors (Lipinski definition) is 1. The van der Waals surface area contributed by atoms with Crippen LogP contribution in [0.1, 0.15) is 40.0 Å². The molecule has 7 nitrogen and oxygen atoms in total. The summed E-state index contributed by atoms with van der Waals surface area (Å²) in [5, 5.41) is 12.8. The van der Waals surface area contributed by atoms with E-state index in [2.05, 4.69) is 67.4 Å². The Hall–Kier alpha value is -3.03. The maximum absolute atomic E-state index is 9.86. The van der Waals surface area contributed by atoms with Crippen LogP contribution < -0.4 is 29.0 Å². The van der Waals surface area contributed by atoms with Crippen molar-refractivity contribution < 1.29 is 38.3 Å². The average molecular weight is 511 g/mol. The summed E-state index contributed by atoms with van der Waals surface area (Å²) in [7, 11) is -4.94. The van der Waals surface area contributed by atoms with Crippen LogP contribution in [0, 0.1) is 35.4 Å². The van der Waals surface area contributed by atoms with E-state index in [-0.39, 0.29) is 0 Å². The first-order valence-electron chi connectivity index (χ1n) is 11.0. The largest absolute Gasteiger partial charge is 0.456 e. The fourth-order valence-electron chi connectivity index (χ4n) is 4.16. The molecule has 9 heteroatoms. The summed E-state index contributed by atoms with van der Waals surface area (Å²) in [5.41, 5.74) is 6.33. The van der Waals surface area contributed by atoms with Gasteiger partial charge in [0.1, 0.15) is 23.0 Å². The minimum absolute atomic E-state index is 0.813. The number of nitrogens with one attached hydrogen (secondary N) is 1. The molecule has 1 N–H and O–H groups in total. The first-order valence-corrected chi connectivity index (χ1v) is 13.1. The molecule has 2 aromatic heterocycles. The highest BCUT2D eigenvalue weighted by Gasteiger charge is 2.24. The Morgan fingerprint density at radius 2 is 1.60 bits per heavy atom. The van der Waals surface area contributed by atoms with Crippen molar-refractivity contribution >= 4 is 27.3 Å². The molecule has 5 rings (SSSR count). The number of benzene rings is 2. The van der Waals surface area contributed by atoms with E-state index in [1.54, 1.807) is 11.3 Å². The zero-order chi connectivity index (χ0) is 25.2. The molecule has 1 aliphatic carbocycles. The second kappa shape index (κ2) is 10.3. The van der Waals surface area contributed by atoms with Gasteiger partial charge in [0.05, 0.1) is 11.5 Å². The Morgan fingerprint density at radius 1 is 0.943 bits per heavy atom. The predicted octanol–water partition coefficient (Wildman–Crippen LogP) is 0.0856. The highest BCUT2D eigenvalue weighted by atomic mass is 35.7. The SMILES string of the molecule is Cc1ccc(-c2c/c(=[NH+]\c3sc4c(c3C#N)CCCC4)c3cc(C)ccc3o2)cc1.[O-][Cl+3]([O-])([O-])[O-]. The first kappa shape index (κ1) is 25.1. The normalized spacial score (nSPS) is 13.7. The zero-order valence-electron chi connectivity index (χ0n) is 19.2. The first-order chi connectivity index (χ1) is 16.6. The third-order valence-electron chi connectivity index (χ3n) is 5.79. The van der Waals surface area contributed by atoms with Crippen LogP contribution >= 0.6 is 11.3 Å². The van der Waals surface area contributed by atoms with Gasteiger partial charge in [-0.1, -0.05) is 52.8 Å². The summed E-state index contributed by atoms with van der Waals surface area (Å²) in [5.74, 6) is 0.814. The maximum Gasteiger partial charge on any atom is 0.278 e. The van der Waals surface area contributed by atoms with E-state index in [0.29, 0.717) is 0 Å². The second-order valence-electron chi connectivity index (χ2n) is 8.42. The molecular formula is C26H23ClN2O5S. The van der Waals surface area contributed by atoms with Crippen molar-refractivity contribution in [2.45, 2.75) is 39.5 Å². The van der Waals surface area contributed by atoms with Crippen LogP contribution in [-0.4, -0.2) is 0 Å². The van der Waals surface area contributed by atoms with Gasteiger partial charge in [0, 0.05) is 10.4 Å². The van der Waals surface area contributed by atoms with Crippen molar-refractivity contribution in [2.75, 3.05) is 0 Å². The summed E-state index contributed by atoms with van der Waals surface area (Å²) < 4.78 is 40.2. The van der Waals surface area contributed by atoms with E-state index >= 15 is 0 Å². The molecule has 35 heavy (non-hydrogen) atoms. The molecule has 0 atom stereocenters. The number of nitriles is 1. The predicted molar refractivity (Wildman–Crippen MR) is 121 cm³/mol. The number of rotatable bonds is 2. The Labute approximate surface area is 208 Å². The van der Waals surface area contributed by atoms with Gasteiger partial charge in [-0.2, -0.15) is 10.3 Å². The van der Waals surface area contributed by atoms with E-state index in [1.165, 1.54) is 34.4 Å². The minimum Gasteiger partial charge on any atom is -0.456 e. The summed E-state index contributed by atoms with van der Waals surface area (Å²) in [4.78, 5) is 4.97. The van der Waals surface area contributed by atoms with Gasteiger partial charge in [-0.3, -0.25) is 0 Å². The third kappa shape index (κ3) is 6.16. The Bertz CT molecular complexity index is 1470. The van der Waals surface area contributed by atoms with E-state index in [9.17, 15) is 5.26 Å². The zero-order valence-corrected chi connectivity index (χ0v) is 20.8. The smallest absolute Gasteiger partial charge is 0.278 e. The second-order valence-corrected chi connectivity index (χ2v) is 10.3. The van der Waals surface area contributed by atoms with Gasteiger partial charge < -0.3 is 4.42 Å². The number of thiophene rings is 1. The van der Waals surface area contributed by atoms with Crippen LogP contribution in [-0.2, 0) is 12.8 Å². The lowest BCUT2D eigenvalue weighted by molar-refractivity contribution is -2.00. The molecule has 180 valence electrons. The molecule has 4 aromatic rings. The van der Waals surface area contributed by atoms with Crippen molar-refractivity contribution in [3.63, 3.8) is 0 Å². The molecular weight excluding hydrogens is 488 g/mol. The molecule has 0 amide bonds. The molecule has 2 aromatic carbocycles. The number of fused-ring (bicyclic) bond motifs is 2. The van der Waals surface area contributed by atoms with Crippen LogP contribution in [0.5, 0.6) is 0 Å². The van der Waals surface area contributed by atoms with Crippen LogP contribution in [0.15, 0.2) is 52.9 Å². The van der Waals surface area contributed by atoms with Crippen molar-refractivity contribution in [3.8, 4) is 17.4 Å². The highest BCUT2D eigenvalue weighted by Crippen LogP contribution is 2.34. The lowest BCUT2D eigenvalue weighted by Gasteiger charge is -2.17. The molecule has 0 bridgehead atoms. The fourth-order valence-corrected chi connectivity index (χ4v) is 5.41. The maximum atomic E-state index is 9.86. The summed E-state index contributed by atoms with van der Waals surface area (Å²) in [6.45, 7) is 4.17. The molecule has 0 spiro atoms. The monoisotopic (exact) mass is 510 g/mol. The standard InChI is InChI=1S/C26H22N2OS.ClHO4/c1-16-7-10-18(11-8-16)24-14-22(20-13-17(2)9-12-23(20)29-24)28-26-21(15-27)19-5-3-4-6-25(19)30-26;2-1(3,4)5/h7-14H,3-6H2,1-2H3;(H,2,3,4,5)/b28-22+;. The van der Waals surface area contributed by atoms with Crippen molar-refractivity contribution in [1.29, 1.82) is 5.26 Å². The van der Waals surface area contributed by atoms with Gasteiger partial charge in [0.25, 0.3) is 5.00 Å². The molecule has 0 fully saturated rings. The number of aryl methyl sites for hydroxylation is 3. The van der Waals surface area contributed by atoms with Gasteiger partial charge in [-0.15, -0.1) is 10.2 Å². The molecule has 0 saturated heterocycles. The lowest BCUT2D eigenvalue weighted by atomic mass is 9.96. The van der Waals surface area contributed by atoms with Crippen molar-refractivity contribution in [1.82, 2.24) is 0 Å². The topological polar surface area (TPSA) is 143 Å². The molecule has 0 radical (unpaired) electrons. The molecule has 0 unspecified atom stereocenters. The van der Waals surface area contributed by atoms with E-state index in [4.69, 9.17) is 23.1 Å². The third-order valence-corrected chi connectivity index (χ3v) is 7.00. The Balaban J connectivity index is 0.000000527. The fraction of sp³-hybridized carbons (Fsp3) is 0.231. The molecule has 0 saturated carbocycles. The van der Waals surface area contributed by atoms with Gasteiger partial charge in [0.2, 0.25) is 5.36 Å². The molecule has 0 aliphatic heterocycles. The lowest BCUT2D eigenvalue weighted by Crippen LogP contribution is -2.70. The number of nitrogens with zero attached hydrogens (tertiary/aromatic N) is 1. The van der Waals surface area contributed by atoms with Crippen LogP contribution in [0.25, 0.3) is 22.3 Å². The van der Waals surface area contributed by atoms with Crippen LogP contribution in [0.3, 0.4) is 0 Å². The van der Waals surface area contributed by atoms with Gasteiger partial charge >= 0.3 is 0 Å². The Kier molecular flexibility index (Phi) is 7.38. The summed E-state index contributed by atoms with van der Waals surface area (Å²) >= 11 is 1.73. The summed E-state index contributed by atoms with van der Waals surface area (Å²) in [6.07, 6.45) is 4.47. The van der Waals surface area contributed by atoms with Crippen LogP contribution in [0.2, 0.25) is 0 Å². The van der Waals surface area contributed by atoms with E-state index in [1.807, 2.05) is 6.07 Å². The van der Waals surface area contributed by atoms with Crippen molar-refractivity contribution in [2.24, 2.45) is 0 Å². The van der Waals surface area contributed by atoms with Gasteiger partial charge in [-0.05, 0) is 57.2 Å². The van der Waals surface area contributed by atoms with Crippen LogP contribution in [0.4, 0.5) is 5.00 Å². The molecule has 2 heterocycles. The Morgan fingerprint density at radius 3 is 2.29 bits per heavy atom. The van der Waals surface area contributed by atoms with E-state index in [0.717, 1.165) is 51.1 Å². The number of halogens is 1. The van der Waals surface area contributed by atoms with Gasteiger partial charge in [-0.25, -0.2) is 18.6 Å². The summed E-state index contributed by atoms with van der Waals surface area (Å²) in [6, 6.07) is 19.1. The number of hydrogen-bond acceptors (Lipinski definition) is 7. The quantitative estimate of drug-likeness (QED) is 0.404.